The van der Waals surface area contributed by atoms with Gasteiger partial charge in [-0.25, -0.2) is 0 Å². The van der Waals surface area contributed by atoms with E-state index in [1.807, 2.05) is 0 Å². The SMILES string of the molecule is CCCc1n[nH]c(=S)n1CC(=O)N[C@H]1CCCc2sccc21. The number of H-pyrrole nitrogens is 1. The van der Waals surface area contributed by atoms with Crippen LogP contribution in [0, 0.1) is 4.77 Å². The summed E-state index contributed by atoms with van der Waals surface area (Å²) < 4.78 is 2.31. The predicted molar refractivity (Wildman–Crippen MR) is 89.5 cm³/mol. The van der Waals surface area contributed by atoms with Crippen molar-refractivity contribution in [2.24, 2.45) is 0 Å². The van der Waals surface area contributed by atoms with E-state index < -0.39 is 0 Å². The molecule has 2 aromatic heterocycles. The second-order valence-corrected chi connectivity index (χ2v) is 6.98. The molecule has 0 unspecified atom stereocenters. The zero-order chi connectivity index (χ0) is 15.5. The first-order valence-corrected chi connectivity index (χ1v) is 8.97. The summed E-state index contributed by atoms with van der Waals surface area (Å²) in [5.41, 5.74) is 1.29. The molecule has 2 N–H and O–H groups in total. The van der Waals surface area contributed by atoms with E-state index in [0.717, 1.165) is 37.9 Å². The van der Waals surface area contributed by atoms with Gasteiger partial charge in [-0.15, -0.1) is 11.3 Å². The van der Waals surface area contributed by atoms with Crippen LogP contribution in [0.3, 0.4) is 0 Å². The number of thiophene rings is 1. The number of nitrogens with one attached hydrogen (secondary N) is 2. The molecule has 1 aliphatic carbocycles. The molecule has 0 bridgehead atoms. The lowest BCUT2D eigenvalue weighted by molar-refractivity contribution is -0.122. The van der Waals surface area contributed by atoms with Crippen molar-refractivity contribution in [2.45, 2.75) is 51.6 Å². The lowest BCUT2D eigenvalue weighted by atomic mass is 9.94. The molecule has 22 heavy (non-hydrogen) atoms. The molecule has 0 fully saturated rings. The maximum atomic E-state index is 12.4. The summed E-state index contributed by atoms with van der Waals surface area (Å²) >= 11 is 7.01. The highest BCUT2D eigenvalue weighted by Gasteiger charge is 2.23. The maximum absolute atomic E-state index is 12.4. The molecule has 0 aromatic carbocycles. The van der Waals surface area contributed by atoms with Gasteiger partial charge in [0.2, 0.25) is 5.91 Å². The highest BCUT2D eigenvalue weighted by Crippen LogP contribution is 2.33. The molecule has 1 amide bonds. The number of carbonyl (C=O) groups excluding carboxylic acids is 1. The lowest BCUT2D eigenvalue weighted by Crippen LogP contribution is -2.33. The fourth-order valence-electron chi connectivity index (χ4n) is 2.95. The number of nitrogens with zero attached hydrogens (tertiary/aromatic N) is 2. The smallest absolute Gasteiger partial charge is 0.240 e. The monoisotopic (exact) mass is 336 g/mol. The molecule has 0 radical (unpaired) electrons. The number of hydrogen-bond donors (Lipinski definition) is 2. The standard InChI is InChI=1S/C15H20N4OS2/c1-2-4-13-17-18-15(21)19(13)9-14(20)16-11-5-3-6-12-10(11)7-8-22-12/h7-8,11H,2-6,9H2,1H3,(H,16,20)(H,18,21)/t11-/m0/s1. The molecule has 118 valence electrons. The van der Waals surface area contributed by atoms with Crippen molar-refractivity contribution in [3.05, 3.63) is 32.5 Å². The minimum Gasteiger partial charge on any atom is -0.348 e. The van der Waals surface area contributed by atoms with Gasteiger partial charge >= 0.3 is 0 Å². The summed E-state index contributed by atoms with van der Waals surface area (Å²) in [7, 11) is 0. The van der Waals surface area contributed by atoms with Crippen molar-refractivity contribution in [3.63, 3.8) is 0 Å². The maximum Gasteiger partial charge on any atom is 0.240 e. The van der Waals surface area contributed by atoms with Gasteiger partial charge in [0, 0.05) is 11.3 Å². The average Bonchev–Trinajstić information content (AvgIpc) is 3.10. The van der Waals surface area contributed by atoms with Crippen molar-refractivity contribution < 1.29 is 4.79 Å². The number of hydrogen-bond acceptors (Lipinski definition) is 4. The van der Waals surface area contributed by atoms with Gasteiger partial charge in [-0.2, -0.15) is 5.10 Å². The fourth-order valence-corrected chi connectivity index (χ4v) is 4.15. The molecule has 1 atom stereocenters. The largest absolute Gasteiger partial charge is 0.348 e. The van der Waals surface area contributed by atoms with Gasteiger partial charge in [-0.05, 0) is 54.9 Å². The van der Waals surface area contributed by atoms with E-state index >= 15 is 0 Å². The van der Waals surface area contributed by atoms with Gasteiger partial charge < -0.3 is 5.32 Å². The number of aromatic nitrogens is 3. The van der Waals surface area contributed by atoms with Crippen molar-refractivity contribution in [2.75, 3.05) is 0 Å². The predicted octanol–water partition coefficient (Wildman–Crippen LogP) is 3.15. The van der Waals surface area contributed by atoms with E-state index in [4.69, 9.17) is 12.2 Å². The number of amides is 1. The quantitative estimate of drug-likeness (QED) is 0.825. The second kappa shape index (κ2) is 6.75. The van der Waals surface area contributed by atoms with Crippen molar-refractivity contribution in [1.29, 1.82) is 0 Å². The van der Waals surface area contributed by atoms with Crippen LogP contribution in [-0.4, -0.2) is 20.7 Å². The normalized spacial score (nSPS) is 17.2. The summed E-state index contributed by atoms with van der Waals surface area (Å²) in [5.74, 6) is 0.849. The molecule has 7 heteroatoms. The van der Waals surface area contributed by atoms with E-state index in [9.17, 15) is 4.79 Å². The number of aryl methyl sites for hydroxylation is 2. The first-order chi connectivity index (χ1) is 10.7. The summed E-state index contributed by atoms with van der Waals surface area (Å²) in [5, 5.41) is 12.2. The molecule has 0 aliphatic heterocycles. The second-order valence-electron chi connectivity index (χ2n) is 5.59. The summed E-state index contributed by atoms with van der Waals surface area (Å²) in [6.45, 7) is 2.32. The Bertz CT molecular complexity index is 715. The molecule has 1 aliphatic rings. The highest BCUT2D eigenvalue weighted by atomic mass is 32.1. The Labute approximate surface area is 138 Å². The van der Waals surface area contributed by atoms with Crippen LogP contribution in [0.1, 0.15) is 48.5 Å². The zero-order valence-electron chi connectivity index (χ0n) is 12.6. The minimum absolute atomic E-state index is 0.00102. The Morgan fingerprint density at radius 1 is 1.64 bits per heavy atom. The number of rotatable bonds is 5. The number of fused-ring (bicyclic) bond motifs is 1. The number of carbonyl (C=O) groups is 1. The van der Waals surface area contributed by atoms with Crippen molar-refractivity contribution in [3.8, 4) is 0 Å². The molecule has 0 saturated heterocycles. The molecule has 5 nitrogen and oxygen atoms in total. The van der Waals surface area contributed by atoms with Crippen molar-refractivity contribution in [1.82, 2.24) is 20.1 Å². The van der Waals surface area contributed by atoms with E-state index in [-0.39, 0.29) is 18.5 Å². The van der Waals surface area contributed by atoms with Crippen LogP contribution in [0.4, 0.5) is 0 Å². The first-order valence-electron chi connectivity index (χ1n) is 7.68. The van der Waals surface area contributed by atoms with E-state index in [1.165, 1.54) is 10.4 Å². The summed E-state index contributed by atoms with van der Waals surface area (Å²) in [6.07, 6.45) is 5.06. The van der Waals surface area contributed by atoms with Crippen LogP contribution < -0.4 is 5.32 Å². The van der Waals surface area contributed by atoms with Crippen LogP contribution in [0.15, 0.2) is 11.4 Å². The van der Waals surface area contributed by atoms with Gasteiger partial charge in [-0.1, -0.05) is 6.92 Å². The molecule has 0 saturated carbocycles. The molecule has 3 rings (SSSR count). The Balaban J connectivity index is 1.69. The van der Waals surface area contributed by atoms with Crippen LogP contribution in [0.25, 0.3) is 0 Å². The van der Waals surface area contributed by atoms with E-state index in [2.05, 4.69) is 33.9 Å². The molecular formula is C15H20N4OS2. The van der Waals surface area contributed by atoms with Gasteiger partial charge in [0.15, 0.2) is 4.77 Å². The third-order valence-electron chi connectivity index (χ3n) is 4.00. The van der Waals surface area contributed by atoms with Crippen LogP contribution in [0.5, 0.6) is 0 Å². The van der Waals surface area contributed by atoms with E-state index in [0.29, 0.717) is 4.77 Å². The highest BCUT2D eigenvalue weighted by molar-refractivity contribution is 7.71. The zero-order valence-corrected chi connectivity index (χ0v) is 14.2. The molecule has 2 heterocycles. The number of aromatic amines is 1. The van der Waals surface area contributed by atoms with Crippen LogP contribution in [0.2, 0.25) is 0 Å². The molecule has 2 aromatic rings. The minimum atomic E-state index is -0.00102. The summed E-state index contributed by atoms with van der Waals surface area (Å²) in [6, 6.07) is 2.27. The molecular weight excluding hydrogens is 316 g/mol. The van der Waals surface area contributed by atoms with Gasteiger partial charge in [0.25, 0.3) is 0 Å². The van der Waals surface area contributed by atoms with Crippen molar-refractivity contribution >= 4 is 29.5 Å². The third-order valence-corrected chi connectivity index (χ3v) is 5.31. The Kier molecular flexibility index (Phi) is 4.73. The van der Waals surface area contributed by atoms with Gasteiger partial charge in [0.1, 0.15) is 12.4 Å². The average molecular weight is 336 g/mol. The Morgan fingerprint density at radius 3 is 3.32 bits per heavy atom. The fraction of sp³-hybridized carbons (Fsp3) is 0.533. The van der Waals surface area contributed by atoms with Crippen LogP contribution >= 0.6 is 23.6 Å². The topological polar surface area (TPSA) is 62.7 Å². The van der Waals surface area contributed by atoms with Crippen LogP contribution in [-0.2, 0) is 24.2 Å². The Hall–Kier alpha value is -1.47. The van der Waals surface area contributed by atoms with E-state index in [1.54, 1.807) is 15.9 Å². The van der Waals surface area contributed by atoms with Gasteiger partial charge in [0.05, 0.1) is 6.04 Å². The lowest BCUT2D eigenvalue weighted by Gasteiger charge is -2.23. The first kappa shape index (κ1) is 15.4. The third kappa shape index (κ3) is 3.15. The Morgan fingerprint density at radius 2 is 2.50 bits per heavy atom. The molecule has 0 spiro atoms. The summed E-state index contributed by atoms with van der Waals surface area (Å²) in [4.78, 5) is 13.8. The van der Waals surface area contributed by atoms with Gasteiger partial charge in [-0.3, -0.25) is 14.5 Å².